The summed E-state index contributed by atoms with van der Waals surface area (Å²) in [7, 11) is 0. The monoisotopic (exact) mass is 396 g/mol. The molecule has 1 aliphatic heterocycles. The SMILES string of the molecule is O=C1CCCN1CN(C(=O)c1ccc(Cl)cc1)c1cccc(C(F)(F)F)c1. The van der Waals surface area contributed by atoms with Crippen molar-refractivity contribution in [2.75, 3.05) is 18.1 Å². The van der Waals surface area contributed by atoms with Crippen molar-refractivity contribution in [3.05, 3.63) is 64.7 Å². The fraction of sp³-hybridized carbons (Fsp3) is 0.263. The average molecular weight is 397 g/mol. The average Bonchev–Trinajstić information content (AvgIpc) is 3.04. The van der Waals surface area contributed by atoms with Gasteiger partial charge in [0.25, 0.3) is 5.91 Å². The van der Waals surface area contributed by atoms with Gasteiger partial charge in [-0.1, -0.05) is 17.7 Å². The zero-order valence-corrected chi connectivity index (χ0v) is 14.9. The van der Waals surface area contributed by atoms with E-state index in [-0.39, 0.29) is 23.8 Å². The van der Waals surface area contributed by atoms with Crippen molar-refractivity contribution in [1.29, 1.82) is 0 Å². The van der Waals surface area contributed by atoms with Gasteiger partial charge in [0.2, 0.25) is 5.91 Å². The van der Waals surface area contributed by atoms with E-state index in [4.69, 9.17) is 11.6 Å². The standard InChI is InChI=1S/C19H16ClF3N2O2/c20-15-8-6-13(7-9-15)18(27)25(12-24-10-2-5-17(24)26)16-4-1-3-14(11-16)19(21,22)23/h1,3-4,6-9,11H,2,5,10,12H2. The molecule has 3 rings (SSSR count). The largest absolute Gasteiger partial charge is 0.416 e. The molecule has 0 N–H and O–H groups in total. The molecule has 0 aliphatic carbocycles. The Kier molecular flexibility index (Phi) is 5.41. The molecule has 0 aromatic heterocycles. The Morgan fingerprint density at radius 1 is 1.15 bits per heavy atom. The number of hydrogen-bond donors (Lipinski definition) is 0. The predicted molar refractivity (Wildman–Crippen MR) is 95.5 cm³/mol. The van der Waals surface area contributed by atoms with E-state index >= 15 is 0 Å². The predicted octanol–water partition coefficient (Wildman–Crippen LogP) is 4.59. The molecule has 1 saturated heterocycles. The second-order valence-corrected chi connectivity index (χ2v) is 6.63. The number of hydrogen-bond acceptors (Lipinski definition) is 2. The lowest BCUT2D eigenvalue weighted by Gasteiger charge is -2.28. The first-order valence-corrected chi connectivity index (χ1v) is 8.66. The number of rotatable bonds is 4. The minimum absolute atomic E-state index is 0.0736. The fourth-order valence-electron chi connectivity index (χ4n) is 2.89. The Morgan fingerprint density at radius 3 is 2.44 bits per heavy atom. The zero-order chi connectivity index (χ0) is 19.6. The Balaban J connectivity index is 1.98. The van der Waals surface area contributed by atoms with Crippen LogP contribution >= 0.6 is 11.6 Å². The van der Waals surface area contributed by atoms with Crippen LogP contribution in [-0.2, 0) is 11.0 Å². The third kappa shape index (κ3) is 4.42. The van der Waals surface area contributed by atoms with Gasteiger partial charge in [-0.2, -0.15) is 13.2 Å². The van der Waals surface area contributed by atoms with Crippen LogP contribution in [0.2, 0.25) is 5.02 Å². The Morgan fingerprint density at radius 2 is 1.85 bits per heavy atom. The van der Waals surface area contributed by atoms with E-state index in [1.807, 2.05) is 0 Å². The van der Waals surface area contributed by atoms with Gasteiger partial charge in [-0.05, 0) is 48.9 Å². The molecule has 1 aliphatic rings. The highest BCUT2D eigenvalue weighted by molar-refractivity contribution is 6.30. The van der Waals surface area contributed by atoms with Gasteiger partial charge in [0.15, 0.2) is 0 Å². The number of alkyl halides is 3. The van der Waals surface area contributed by atoms with E-state index in [2.05, 4.69) is 0 Å². The van der Waals surface area contributed by atoms with Crippen molar-refractivity contribution in [3.63, 3.8) is 0 Å². The lowest BCUT2D eigenvalue weighted by Crippen LogP contribution is -2.42. The molecule has 0 bridgehead atoms. The summed E-state index contributed by atoms with van der Waals surface area (Å²) < 4.78 is 39.3. The molecule has 0 unspecified atom stereocenters. The van der Waals surface area contributed by atoms with E-state index in [0.717, 1.165) is 12.1 Å². The lowest BCUT2D eigenvalue weighted by atomic mass is 10.1. The van der Waals surface area contributed by atoms with Crippen LogP contribution in [0.3, 0.4) is 0 Å². The van der Waals surface area contributed by atoms with Crippen molar-refractivity contribution < 1.29 is 22.8 Å². The summed E-state index contributed by atoms with van der Waals surface area (Å²) in [6, 6.07) is 10.6. The first kappa shape index (κ1) is 19.2. The molecule has 0 saturated carbocycles. The van der Waals surface area contributed by atoms with Crippen molar-refractivity contribution in [3.8, 4) is 0 Å². The minimum atomic E-state index is -4.53. The lowest BCUT2D eigenvalue weighted by molar-refractivity contribution is -0.137. The number of carbonyl (C=O) groups is 2. The summed E-state index contributed by atoms with van der Waals surface area (Å²) in [5.74, 6) is -0.637. The van der Waals surface area contributed by atoms with Gasteiger partial charge in [-0.25, -0.2) is 0 Å². The van der Waals surface area contributed by atoms with E-state index in [0.29, 0.717) is 24.4 Å². The molecule has 1 heterocycles. The second-order valence-electron chi connectivity index (χ2n) is 6.19. The van der Waals surface area contributed by atoms with Gasteiger partial charge in [0.05, 0.1) is 5.56 Å². The van der Waals surface area contributed by atoms with Crippen molar-refractivity contribution in [2.45, 2.75) is 19.0 Å². The number of benzene rings is 2. The van der Waals surface area contributed by atoms with Crippen LogP contribution in [-0.4, -0.2) is 29.9 Å². The molecule has 0 atom stereocenters. The third-order valence-corrected chi connectivity index (χ3v) is 4.56. The van der Waals surface area contributed by atoms with Gasteiger partial charge in [-0.15, -0.1) is 0 Å². The molecule has 2 aromatic rings. The van der Waals surface area contributed by atoms with E-state index in [9.17, 15) is 22.8 Å². The van der Waals surface area contributed by atoms with Crippen molar-refractivity contribution in [2.24, 2.45) is 0 Å². The molecular weight excluding hydrogens is 381 g/mol. The van der Waals surface area contributed by atoms with Crippen LogP contribution < -0.4 is 4.90 Å². The summed E-state index contributed by atoms with van der Waals surface area (Å²) in [5, 5.41) is 0.437. The fourth-order valence-corrected chi connectivity index (χ4v) is 3.01. The molecule has 0 radical (unpaired) electrons. The highest BCUT2D eigenvalue weighted by atomic mass is 35.5. The maximum atomic E-state index is 13.1. The smallest absolute Gasteiger partial charge is 0.324 e. The van der Waals surface area contributed by atoms with Crippen LogP contribution in [0, 0.1) is 0 Å². The first-order valence-electron chi connectivity index (χ1n) is 8.28. The maximum absolute atomic E-state index is 13.1. The summed E-state index contributed by atoms with van der Waals surface area (Å²) in [6.45, 7) is 0.351. The van der Waals surface area contributed by atoms with Crippen LogP contribution in [0.25, 0.3) is 0 Å². The van der Waals surface area contributed by atoms with Gasteiger partial charge in [-0.3, -0.25) is 14.5 Å². The van der Waals surface area contributed by atoms with Gasteiger partial charge >= 0.3 is 6.18 Å². The first-order chi connectivity index (χ1) is 12.8. The molecule has 8 heteroatoms. The highest BCUT2D eigenvalue weighted by Gasteiger charge is 2.32. The van der Waals surface area contributed by atoms with Gasteiger partial charge < -0.3 is 4.90 Å². The normalized spacial score (nSPS) is 14.5. The molecule has 2 amide bonds. The number of likely N-dealkylation sites (tertiary alicyclic amines) is 1. The van der Waals surface area contributed by atoms with Crippen molar-refractivity contribution in [1.82, 2.24) is 4.90 Å². The molecule has 0 spiro atoms. The Bertz CT molecular complexity index is 853. The Hall–Kier alpha value is -2.54. The van der Waals surface area contributed by atoms with E-state index < -0.39 is 17.6 Å². The van der Waals surface area contributed by atoms with Gasteiger partial charge in [0.1, 0.15) is 6.67 Å². The number of nitrogens with zero attached hydrogens (tertiary/aromatic N) is 2. The summed E-state index contributed by atoms with van der Waals surface area (Å²) >= 11 is 5.84. The summed E-state index contributed by atoms with van der Waals surface area (Å²) in [5.41, 5.74) is -0.519. The van der Waals surface area contributed by atoms with Crippen LogP contribution in [0.1, 0.15) is 28.8 Å². The molecule has 142 valence electrons. The maximum Gasteiger partial charge on any atom is 0.416 e. The van der Waals surface area contributed by atoms with E-state index in [1.165, 1.54) is 46.2 Å². The van der Waals surface area contributed by atoms with E-state index in [1.54, 1.807) is 0 Å². The summed E-state index contributed by atoms with van der Waals surface area (Å²) in [4.78, 5) is 27.6. The van der Waals surface area contributed by atoms with Gasteiger partial charge in [0, 0.05) is 29.2 Å². The summed E-state index contributed by atoms with van der Waals surface area (Å²) in [6.07, 6.45) is -3.51. The third-order valence-electron chi connectivity index (χ3n) is 4.30. The molecule has 1 fully saturated rings. The minimum Gasteiger partial charge on any atom is -0.324 e. The highest BCUT2D eigenvalue weighted by Crippen LogP contribution is 2.32. The molecule has 2 aromatic carbocycles. The number of anilines is 1. The molecule has 4 nitrogen and oxygen atoms in total. The topological polar surface area (TPSA) is 40.6 Å². The number of amides is 2. The zero-order valence-electron chi connectivity index (χ0n) is 14.2. The van der Waals surface area contributed by atoms with Crippen LogP contribution in [0.15, 0.2) is 48.5 Å². The van der Waals surface area contributed by atoms with Crippen molar-refractivity contribution >= 4 is 29.1 Å². The Labute approximate surface area is 159 Å². The number of halogens is 4. The molecule has 27 heavy (non-hydrogen) atoms. The second kappa shape index (κ2) is 7.60. The molecular formula is C19H16ClF3N2O2. The number of carbonyl (C=O) groups excluding carboxylic acids is 2. The quantitative estimate of drug-likeness (QED) is 0.758. The van der Waals surface area contributed by atoms with Crippen LogP contribution in [0.4, 0.5) is 18.9 Å². The van der Waals surface area contributed by atoms with Crippen LogP contribution in [0.5, 0.6) is 0 Å².